The van der Waals surface area contributed by atoms with Crippen molar-refractivity contribution in [3.05, 3.63) is 24.3 Å². The van der Waals surface area contributed by atoms with Crippen LogP contribution in [0.3, 0.4) is 0 Å². The van der Waals surface area contributed by atoms with Gasteiger partial charge in [-0.1, -0.05) is 19.1 Å². The van der Waals surface area contributed by atoms with E-state index < -0.39 is 6.10 Å². The predicted molar refractivity (Wildman–Crippen MR) is 90.9 cm³/mol. The Balaban J connectivity index is 1.57. The quantitative estimate of drug-likeness (QED) is 0.838. The zero-order valence-electron chi connectivity index (χ0n) is 14.1. The number of likely N-dealkylation sites (tertiary alicyclic amines) is 1. The van der Waals surface area contributed by atoms with Crippen LogP contribution in [0.4, 0.5) is 5.69 Å². The van der Waals surface area contributed by atoms with Crippen molar-refractivity contribution in [1.29, 1.82) is 0 Å². The minimum absolute atomic E-state index is 0.0193. The van der Waals surface area contributed by atoms with Crippen LogP contribution in [0.5, 0.6) is 5.75 Å². The van der Waals surface area contributed by atoms with E-state index in [9.17, 15) is 9.59 Å². The van der Waals surface area contributed by atoms with Crippen LogP contribution in [0.2, 0.25) is 0 Å². The van der Waals surface area contributed by atoms with E-state index in [1.54, 1.807) is 4.90 Å². The Morgan fingerprint density at radius 2 is 1.79 bits per heavy atom. The third kappa shape index (κ3) is 2.76. The number of carbonyl (C=O) groups excluding carboxylic acids is 2. The molecule has 2 aliphatic heterocycles. The normalized spacial score (nSPS) is 28.8. The summed E-state index contributed by atoms with van der Waals surface area (Å²) in [5, 5.41) is 0. The fourth-order valence-corrected chi connectivity index (χ4v) is 3.76. The number of para-hydroxylation sites is 2. The lowest BCUT2D eigenvalue weighted by Gasteiger charge is -2.37. The molecule has 1 saturated heterocycles. The molecule has 5 nitrogen and oxygen atoms in total. The van der Waals surface area contributed by atoms with Gasteiger partial charge in [0.25, 0.3) is 5.91 Å². The lowest BCUT2D eigenvalue weighted by Crippen LogP contribution is -2.53. The molecule has 0 spiro atoms. The second-order valence-corrected chi connectivity index (χ2v) is 7.23. The summed E-state index contributed by atoms with van der Waals surface area (Å²) in [6.45, 7) is 4.03. The fourth-order valence-electron chi connectivity index (χ4n) is 3.76. The molecule has 2 amide bonds. The SMILES string of the molecule is C[C@@H]1C[C@H]1C(=O)N1C[C@H](C(=O)N2CCCCC2)Oc2ccccc21. The molecular formula is C19H24N2O3. The number of fused-ring (bicyclic) bond motifs is 1. The molecule has 1 aromatic carbocycles. The molecule has 1 saturated carbocycles. The van der Waals surface area contributed by atoms with Crippen molar-refractivity contribution in [2.24, 2.45) is 11.8 Å². The summed E-state index contributed by atoms with van der Waals surface area (Å²) in [5.41, 5.74) is 0.796. The van der Waals surface area contributed by atoms with E-state index in [1.165, 1.54) is 6.42 Å². The lowest BCUT2D eigenvalue weighted by atomic mass is 10.1. The number of ether oxygens (including phenoxy) is 1. The molecule has 0 bridgehead atoms. The van der Waals surface area contributed by atoms with Crippen molar-refractivity contribution >= 4 is 17.5 Å². The highest BCUT2D eigenvalue weighted by atomic mass is 16.5. The Labute approximate surface area is 142 Å². The fraction of sp³-hybridized carbons (Fsp3) is 0.579. The minimum atomic E-state index is -0.587. The van der Waals surface area contributed by atoms with Gasteiger partial charge in [-0.3, -0.25) is 9.59 Å². The summed E-state index contributed by atoms with van der Waals surface area (Å²) >= 11 is 0. The molecular weight excluding hydrogens is 304 g/mol. The van der Waals surface area contributed by atoms with Gasteiger partial charge in [0.05, 0.1) is 12.2 Å². The van der Waals surface area contributed by atoms with E-state index in [0.29, 0.717) is 18.2 Å². The Morgan fingerprint density at radius 1 is 1.08 bits per heavy atom. The summed E-state index contributed by atoms with van der Waals surface area (Å²) in [4.78, 5) is 29.3. The van der Waals surface area contributed by atoms with Gasteiger partial charge < -0.3 is 14.5 Å². The molecule has 5 heteroatoms. The largest absolute Gasteiger partial charge is 0.476 e. The average molecular weight is 328 g/mol. The Kier molecular flexibility index (Phi) is 3.94. The maximum absolute atomic E-state index is 12.8. The van der Waals surface area contributed by atoms with Crippen molar-refractivity contribution < 1.29 is 14.3 Å². The monoisotopic (exact) mass is 328 g/mol. The first-order valence-electron chi connectivity index (χ1n) is 9.01. The van der Waals surface area contributed by atoms with Crippen LogP contribution in [0.25, 0.3) is 0 Å². The van der Waals surface area contributed by atoms with Crippen LogP contribution in [0, 0.1) is 11.8 Å². The predicted octanol–water partition coefficient (Wildman–Crippen LogP) is 2.45. The van der Waals surface area contributed by atoms with Crippen LogP contribution in [-0.2, 0) is 9.59 Å². The van der Waals surface area contributed by atoms with Crippen LogP contribution >= 0.6 is 0 Å². The van der Waals surface area contributed by atoms with Gasteiger partial charge in [-0.15, -0.1) is 0 Å². The molecule has 128 valence electrons. The Hall–Kier alpha value is -2.04. The zero-order valence-corrected chi connectivity index (χ0v) is 14.1. The molecule has 4 rings (SSSR count). The number of rotatable bonds is 2. The van der Waals surface area contributed by atoms with E-state index in [4.69, 9.17) is 4.74 Å². The molecule has 1 aliphatic carbocycles. The van der Waals surface area contributed by atoms with E-state index in [0.717, 1.165) is 38.0 Å². The molecule has 0 N–H and O–H groups in total. The van der Waals surface area contributed by atoms with E-state index in [2.05, 4.69) is 6.92 Å². The molecule has 0 radical (unpaired) electrons. The summed E-state index contributed by atoms with van der Waals surface area (Å²) in [7, 11) is 0. The van der Waals surface area contributed by atoms with Gasteiger partial charge in [0.1, 0.15) is 5.75 Å². The van der Waals surface area contributed by atoms with Gasteiger partial charge in [-0.2, -0.15) is 0 Å². The first-order chi connectivity index (χ1) is 11.6. The van der Waals surface area contributed by atoms with Gasteiger partial charge in [0.2, 0.25) is 5.91 Å². The summed E-state index contributed by atoms with van der Waals surface area (Å²) in [6, 6.07) is 7.55. The number of amides is 2. The topological polar surface area (TPSA) is 49.9 Å². The standard InChI is InChI=1S/C19H24N2O3/c1-13-11-14(13)18(22)21-12-17(19(23)20-9-5-2-6-10-20)24-16-8-4-3-7-15(16)21/h3-4,7-8,13-14,17H,2,5-6,9-12H2,1H3/t13-,14-,17-/m1/s1. The highest BCUT2D eigenvalue weighted by Gasteiger charge is 2.45. The molecule has 2 fully saturated rings. The van der Waals surface area contributed by atoms with Crippen molar-refractivity contribution in [3.63, 3.8) is 0 Å². The second kappa shape index (κ2) is 6.11. The maximum Gasteiger partial charge on any atom is 0.265 e. The number of carbonyl (C=O) groups is 2. The van der Waals surface area contributed by atoms with E-state index in [1.807, 2.05) is 29.2 Å². The van der Waals surface area contributed by atoms with Crippen molar-refractivity contribution in [2.45, 2.75) is 38.7 Å². The maximum atomic E-state index is 12.8. The molecule has 3 atom stereocenters. The second-order valence-electron chi connectivity index (χ2n) is 7.23. The third-order valence-corrected chi connectivity index (χ3v) is 5.41. The first-order valence-corrected chi connectivity index (χ1v) is 9.01. The zero-order chi connectivity index (χ0) is 16.7. The number of piperidine rings is 1. The minimum Gasteiger partial charge on any atom is -0.476 e. The highest BCUT2D eigenvalue weighted by Crippen LogP contribution is 2.42. The van der Waals surface area contributed by atoms with Crippen molar-refractivity contribution in [3.8, 4) is 5.75 Å². The van der Waals surface area contributed by atoms with Gasteiger partial charge >= 0.3 is 0 Å². The van der Waals surface area contributed by atoms with Gasteiger partial charge in [0, 0.05) is 19.0 Å². The van der Waals surface area contributed by atoms with Crippen LogP contribution < -0.4 is 9.64 Å². The van der Waals surface area contributed by atoms with Gasteiger partial charge in [0.15, 0.2) is 6.10 Å². The van der Waals surface area contributed by atoms with Gasteiger partial charge in [-0.05, 0) is 43.7 Å². The van der Waals surface area contributed by atoms with E-state index in [-0.39, 0.29) is 17.7 Å². The number of nitrogens with zero attached hydrogens (tertiary/aromatic N) is 2. The van der Waals surface area contributed by atoms with Crippen LogP contribution in [0.15, 0.2) is 24.3 Å². The molecule has 2 heterocycles. The summed E-state index contributed by atoms with van der Waals surface area (Å²) in [5.74, 6) is 1.34. The Morgan fingerprint density at radius 3 is 2.50 bits per heavy atom. The number of benzene rings is 1. The molecule has 0 unspecified atom stereocenters. The van der Waals surface area contributed by atoms with Crippen LogP contribution in [0.1, 0.15) is 32.6 Å². The van der Waals surface area contributed by atoms with Crippen molar-refractivity contribution in [2.75, 3.05) is 24.5 Å². The Bertz CT molecular complexity index is 654. The third-order valence-electron chi connectivity index (χ3n) is 5.41. The number of hydrogen-bond acceptors (Lipinski definition) is 3. The summed E-state index contributed by atoms with van der Waals surface area (Å²) in [6.07, 6.45) is 3.65. The average Bonchev–Trinajstić information content (AvgIpc) is 3.37. The van der Waals surface area contributed by atoms with E-state index >= 15 is 0 Å². The molecule has 1 aromatic rings. The highest BCUT2D eigenvalue weighted by molar-refractivity contribution is 5.99. The smallest absolute Gasteiger partial charge is 0.265 e. The van der Waals surface area contributed by atoms with Crippen LogP contribution in [-0.4, -0.2) is 42.5 Å². The molecule has 0 aromatic heterocycles. The number of hydrogen-bond donors (Lipinski definition) is 0. The van der Waals surface area contributed by atoms with Crippen molar-refractivity contribution in [1.82, 2.24) is 4.90 Å². The van der Waals surface area contributed by atoms with Gasteiger partial charge in [-0.25, -0.2) is 0 Å². The summed E-state index contributed by atoms with van der Waals surface area (Å²) < 4.78 is 5.97. The number of anilines is 1. The molecule has 3 aliphatic rings. The lowest BCUT2D eigenvalue weighted by molar-refractivity contribution is -0.139. The molecule has 24 heavy (non-hydrogen) atoms. The first kappa shape index (κ1) is 15.5.